The van der Waals surface area contributed by atoms with Gasteiger partial charge in [-0.1, -0.05) is 42.5 Å². The molecule has 0 amide bonds. The first-order chi connectivity index (χ1) is 14.5. The SMILES string of the molecule is OC/C(=N/Nc1nc2ccccc2nc1Cc1ccccc1)C(O)C(O)C(O)CO. The Morgan fingerprint density at radius 2 is 1.53 bits per heavy atom. The van der Waals surface area contributed by atoms with Crippen LogP contribution in [0, 0.1) is 0 Å². The molecule has 3 unspecified atom stereocenters. The van der Waals surface area contributed by atoms with Gasteiger partial charge in [-0.15, -0.1) is 0 Å². The highest BCUT2D eigenvalue weighted by atomic mass is 16.4. The molecule has 2 aromatic carbocycles. The van der Waals surface area contributed by atoms with E-state index < -0.39 is 31.5 Å². The molecule has 0 aliphatic heterocycles. The Balaban J connectivity index is 1.92. The maximum atomic E-state index is 10.1. The topological polar surface area (TPSA) is 151 Å². The lowest BCUT2D eigenvalue weighted by Gasteiger charge is -2.22. The summed E-state index contributed by atoms with van der Waals surface area (Å²) >= 11 is 0. The van der Waals surface area contributed by atoms with Crippen molar-refractivity contribution in [3.8, 4) is 0 Å². The summed E-state index contributed by atoms with van der Waals surface area (Å²) in [5.41, 5.74) is 5.44. The summed E-state index contributed by atoms with van der Waals surface area (Å²) in [7, 11) is 0. The van der Waals surface area contributed by atoms with Crippen LogP contribution in [-0.4, -0.2) is 72.7 Å². The van der Waals surface area contributed by atoms with Crippen molar-refractivity contribution in [1.82, 2.24) is 9.97 Å². The molecule has 0 spiro atoms. The molecule has 6 N–H and O–H groups in total. The van der Waals surface area contributed by atoms with Crippen LogP contribution in [0.25, 0.3) is 11.0 Å². The van der Waals surface area contributed by atoms with Crippen LogP contribution in [0.15, 0.2) is 59.7 Å². The maximum Gasteiger partial charge on any atom is 0.169 e. The van der Waals surface area contributed by atoms with Gasteiger partial charge in [0.05, 0.1) is 35.7 Å². The third-order valence-corrected chi connectivity index (χ3v) is 4.57. The van der Waals surface area contributed by atoms with Gasteiger partial charge < -0.3 is 25.5 Å². The zero-order valence-corrected chi connectivity index (χ0v) is 16.1. The van der Waals surface area contributed by atoms with Crippen molar-refractivity contribution >= 4 is 22.6 Å². The number of hydrogen-bond acceptors (Lipinski definition) is 9. The molecule has 0 saturated heterocycles. The second-order valence-corrected chi connectivity index (χ2v) is 6.73. The summed E-state index contributed by atoms with van der Waals surface area (Å²) in [5.74, 6) is 0.327. The van der Waals surface area contributed by atoms with Gasteiger partial charge in [-0.05, 0) is 17.7 Å². The van der Waals surface area contributed by atoms with Gasteiger partial charge in [-0.3, -0.25) is 5.43 Å². The number of aliphatic hydroxyl groups is 5. The first kappa shape index (κ1) is 21.8. The quantitative estimate of drug-likeness (QED) is 0.213. The van der Waals surface area contributed by atoms with Crippen molar-refractivity contribution in [1.29, 1.82) is 0 Å². The number of aliphatic hydroxyl groups excluding tert-OH is 5. The predicted octanol–water partition coefficient (Wildman–Crippen LogP) is 0.0558. The molecule has 0 radical (unpaired) electrons. The molecule has 0 fully saturated rings. The Bertz CT molecular complexity index is 999. The minimum absolute atomic E-state index is 0.226. The lowest BCUT2D eigenvalue weighted by atomic mass is 10.0. The molecule has 0 aliphatic rings. The number of aromatic nitrogens is 2. The highest BCUT2D eigenvalue weighted by molar-refractivity contribution is 5.90. The first-order valence-corrected chi connectivity index (χ1v) is 9.41. The number of fused-ring (bicyclic) bond motifs is 1. The fraction of sp³-hybridized carbons (Fsp3) is 0.286. The molecule has 0 bridgehead atoms. The maximum absolute atomic E-state index is 10.1. The number of nitrogens with one attached hydrogen (secondary N) is 1. The van der Waals surface area contributed by atoms with Gasteiger partial charge in [0, 0.05) is 6.42 Å². The molecule has 9 heteroatoms. The lowest BCUT2D eigenvalue weighted by molar-refractivity contribution is -0.0564. The van der Waals surface area contributed by atoms with Gasteiger partial charge in [-0.2, -0.15) is 5.10 Å². The third kappa shape index (κ3) is 5.15. The van der Waals surface area contributed by atoms with Crippen molar-refractivity contribution in [2.45, 2.75) is 24.7 Å². The molecule has 158 valence electrons. The van der Waals surface area contributed by atoms with Crippen LogP contribution in [0.1, 0.15) is 11.3 Å². The van der Waals surface area contributed by atoms with E-state index in [1.165, 1.54) is 0 Å². The molecule has 3 rings (SSSR count). The van der Waals surface area contributed by atoms with Crippen molar-refractivity contribution in [2.75, 3.05) is 18.6 Å². The normalized spacial score (nSPS) is 15.0. The molecular weight excluding hydrogens is 388 g/mol. The Morgan fingerprint density at radius 1 is 0.900 bits per heavy atom. The van der Waals surface area contributed by atoms with E-state index in [0.717, 1.165) is 5.56 Å². The van der Waals surface area contributed by atoms with Crippen molar-refractivity contribution in [2.24, 2.45) is 5.10 Å². The van der Waals surface area contributed by atoms with Crippen LogP contribution in [-0.2, 0) is 6.42 Å². The second kappa shape index (κ2) is 10.2. The van der Waals surface area contributed by atoms with E-state index in [2.05, 4.69) is 20.5 Å². The average Bonchev–Trinajstić information content (AvgIpc) is 2.79. The molecule has 0 aliphatic carbocycles. The number of rotatable bonds is 9. The summed E-state index contributed by atoms with van der Waals surface area (Å²) in [6.45, 7) is -1.43. The second-order valence-electron chi connectivity index (χ2n) is 6.73. The summed E-state index contributed by atoms with van der Waals surface area (Å²) < 4.78 is 0. The minimum atomic E-state index is -1.71. The number of nitrogens with zero attached hydrogens (tertiary/aromatic N) is 3. The van der Waals surface area contributed by atoms with E-state index in [-0.39, 0.29) is 5.71 Å². The fourth-order valence-electron chi connectivity index (χ4n) is 2.87. The van der Waals surface area contributed by atoms with Gasteiger partial charge in [0.2, 0.25) is 0 Å². The first-order valence-electron chi connectivity index (χ1n) is 9.41. The largest absolute Gasteiger partial charge is 0.394 e. The zero-order chi connectivity index (χ0) is 21.5. The van der Waals surface area contributed by atoms with E-state index in [9.17, 15) is 20.4 Å². The fourth-order valence-corrected chi connectivity index (χ4v) is 2.87. The summed E-state index contributed by atoms with van der Waals surface area (Å²) in [5, 5.41) is 52.0. The molecule has 9 nitrogen and oxygen atoms in total. The van der Waals surface area contributed by atoms with Gasteiger partial charge in [0.25, 0.3) is 0 Å². The molecule has 1 aromatic heterocycles. The minimum Gasteiger partial charge on any atom is -0.394 e. The summed E-state index contributed by atoms with van der Waals surface area (Å²) in [6.07, 6.45) is -4.50. The number of anilines is 1. The van der Waals surface area contributed by atoms with Crippen molar-refractivity contribution in [3.63, 3.8) is 0 Å². The van der Waals surface area contributed by atoms with Crippen molar-refractivity contribution < 1.29 is 25.5 Å². The van der Waals surface area contributed by atoms with E-state index >= 15 is 0 Å². The molecular formula is C21H24N4O5. The van der Waals surface area contributed by atoms with Crippen LogP contribution in [0.4, 0.5) is 5.82 Å². The smallest absolute Gasteiger partial charge is 0.169 e. The van der Waals surface area contributed by atoms with Gasteiger partial charge in [0.1, 0.15) is 18.3 Å². The molecule has 30 heavy (non-hydrogen) atoms. The van der Waals surface area contributed by atoms with E-state index in [0.29, 0.717) is 29.0 Å². The van der Waals surface area contributed by atoms with E-state index in [1.54, 1.807) is 6.07 Å². The molecule has 0 saturated carbocycles. The highest BCUT2D eigenvalue weighted by Gasteiger charge is 2.28. The number of benzene rings is 2. The van der Waals surface area contributed by atoms with Crippen LogP contribution < -0.4 is 5.43 Å². The van der Waals surface area contributed by atoms with Gasteiger partial charge in [0.15, 0.2) is 5.82 Å². The number of para-hydroxylation sites is 2. The Morgan fingerprint density at radius 3 is 2.17 bits per heavy atom. The number of hydrogen-bond donors (Lipinski definition) is 6. The molecule has 3 atom stereocenters. The summed E-state index contributed by atoms with van der Waals surface area (Å²) in [4.78, 5) is 9.19. The van der Waals surface area contributed by atoms with Crippen LogP contribution in [0.2, 0.25) is 0 Å². The van der Waals surface area contributed by atoms with Crippen LogP contribution in [0.3, 0.4) is 0 Å². The summed E-state index contributed by atoms with van der Waals surface area (Å²) in [6, 6.07) is 17.0. The van der Waals surface area contributed by atoms with Crippen LogP contribution in [0.5, 0.6) is 0 Å². The average molecular weight is 412 g/mol. The number of hydrazone groups is 1. The van der Waals surface area contributed by atoms with E-state index in [4.69, 9.17) is 5.11 Å². The Labute approximate surface area is 173 Å². The molecule has 3 aromatic rings. The predicted molar refractivity (Wildman–Crippen MR) is 112 cm³/mol. The lowest BCUT2D eigenvalue weighted by Crippen LogP contribution is -2.45. The highest BCUT2D eigenvalue weighted by Crippen LogP contribution is 2.20. The van der Waals surface area contributed by atoms with E-state index in [1.807, 2.05) is 48.5 Å². The van der Waals surface area contributed by atoms with Gasteiger partial charge in [-0.25, -0.2) is 9.97 Å². The van der Waals surface area contributed by atoms with Crippen molar-refractivity contribution in [3.05, 3.63) is 65.9 Å². The standard InChI is InChI=1S/C21H24N4O5/c26-11-17(19(29)20(30)18(28)12-27)24-25-21-16(10-13-6-2-1-3-7-13)22-14-8-4-5-9-15(14)23-21/h1-9,18-20,26-30H,10-12H2,(H,23,25)/b24-17-. The third-order valence-electron chi connectivity index (χ3n) is 4.57. The molecule has 1 heterocycles. The Kier molecular flexibility index (Phi) is 7.39. The monoisotopic (exact) mass is 412 g/mol. The van der Waals surface area contributed by atoms with Crippen LogP contribution >= 0.6 is 0 Å². The van der Waals surface area contributed by atoms with Gasteiger partial charge >= 0.3 is 0 Å². The Hall–Kier alpha value is -2.95. The zero-order valence-electron chi connectivity index (χ0n) is 16.1.